The maximum absolute atomic E-state index is 11.0. The van der Waals surface area contributed by atoms with Crippen LogP contribution in [-0.4, -0.2) is 47.8 Å². The molecule has 0 saturated carbocycles. The highest BCUT2D eigenvalue weighted by Gasteiger charge is 2.26. The minimum Gasteiger partial charge on any atom is -0.481 e. The van der Waals surface area contributed by atoms with Crippen molar-refractivity contribution in [2.45, 2.75) is 31.1 Å². The third-order valence-corrected chi connectivity index (χ3v) is 6.26. The van der Waals surface area contributed by atoms with E-state index in [0.717, 1.165) is 67.1 Å². The Morgan fingerprint density at radius 3 is 2.97 bits per heavy atom. The molecular formula is C23H26Cl3NO4. The number of rotatable bonds is 5. The fraction of sp³-hybridized carbons (Fsp3) is 0.435. The van der Waals surface area contributed by atoms with E-state index in [1.165, 1.54) is 0 Å². The summed E-state index contributed by atoms with van der Waals surface area (Å²) < 4.78 is 11.7. The Kier molecular flexibility index (Phi) is 8.34. The van der Waals surface area contributed by atoms with Gasteiger partial charge in [0.1, 0.15) is 11.5 Å². The number of carboxylic acids is 1. The van der Waals surface area contributed by atoms with Crippen LogP contribution in [0.15, 0.2) is 47.8 Å². The molecule has 31 heavy (non-hydrogen) atoms. The number of ether oxygens (including phenoxy) is 2. The van der Waals surface area contributed by atoms with Crippen LogP contribution in [0.5, 0.6) is 5.75 Å². The SMILES string of the molecule is Cl.O=C(O)CC1CCN(CCC=C2C3=CC(Cl)CC=C3OCOc3ccc(Cl)cc32)C1. The third-order valence-electron chi connectivity index (χ3n) is 5.72. The smallest absolute Gasteiger partial charge is 0.303 e. The third kappa shape index (κ3) is 5.98. The highest BCUT2D eigenvalue weighted by molar-refractivity contribution is 6.30. The lowest BCUT2D eigenvalue weighted by Gasteiger charge is -2.26. The number of alkyl halides is 1. The number of carboxylic acid groups (broad SMARTS) is 1. The molecule has 0 radical (unpaired) electrons. The topological polar surface area (TPSA) is 59.0 Å². The van der Waals surface area contributed by atoms with Gasteiger partial charge in [-0.2, -0.15) is 0 Å². The Labute approximate surface area is 198 Å². The molecule has 1 fully saturated rings. The molecule has 1 aromatic carbocycles. The number of benzene rings is 1. The fourth-order valence-electron chi connectivity index (χ4n) is 4.30. The molecule has 5 nitrogen and oxygen atoms in total. The lowest BCUT2D eigenvalue weighted by atomic mass is 9.90. The van der Waals surface area contributed by atoms with Crippen molar-refractivity contribution in [3.63, 3.8) is 0 Å². The van der Waals surface area contributed by atoms with Gasteiger partial charge >= 0.3 is 5.97 Å². The normalized spacial score (nSPS) is 24.4. The van der Waals surface area contributed by atoms with Crippen molar-refractivity contribution in [2.24, 2.45) is 5.92 Å². The van der Waals surface area contributed by atoms with Gasteiger partial charge in [0.15, 0.2) is 0 Å². The zero-order valence-electron chi connectivity index (χ0n) is 17.1. The summed E-state index contributed by atoms with van der Waals surface area (Å²) >= 11 is 12.7. The van der Waals surface area contributed by atoms with E-state index in [2.05, 4.69) is 11.0 Å². The molecule has 2 unspecified atom stereocenters. The second kappa shape index (κ2) is 10.8. The van der Waals surface area contributed by atoms with E-state index in [0.29, 0.717) is 5.02 Å². The fourth-order valence-corrected chi connectivity index (χ4v) is 4.69. The summed E-state index contributed by atoms with van der Waals surface area (Å²) in [5, 5.41) is 9.57. The number of allylic oxidation sites excluding steroid dienone is 3. The Hall–Kier alpha value is -1.66. The molecule has 4 rings (SSSR count). The van der Waals surface area contributed by atoms with Crippen molar-refractivity contribution in [3.05, 3.63) is 58.3 Å². The molecule has 0 amide bonds. The van der Waals surface area contributed by atoms with E-state index in [9.17, 15) is 4.79 Å². The van der Waals surface area contributed by atoms with Crippen LogP contribution < -0.4 is 4.74 Å². The standard InChI is InChI=1S/C23H25Cl2NO4.ClH/c24-16-3-5-21-19(11-16)18(20-12-17(25)4-6-22(20)30-14-29-21)2-1-8-26-9-7-15(13-26)10-23(27)28;/h2-3,5-6,11-12,15,17H,1,4,7-10,13-14H2,(H,27,28);1H. The molecule has 1 N–H and O–H groups in total. The summed E-state index contributed by atoms with van der Waals surface area (Å²) in [5.74, 6) is 1.04. The molecule has 0 spiro atoms. The van der Waals surface area contributed by atoms with E-state index in [1.54, 1.807) is 0 Å². The second-order valence-corrected chi connectivity index (χ2v) is 8.90. The lowest BCUT2D eigenvalue weighted by molar-refractivity contribution is -0.138. The first-order valence-electron chi connectivity index (χ1n) is 10.3. The van der Waals surface area contributed by atoms with Crippen molar-refractivity contribution in [1.82, 2.24) is 4.90 Å². The van der Waals surface area contributed by atoms with Crippen LogP contribution in [0.25, 0.3) is 5.57 Å². The number of fused-ring (bicyclic) bond motifs is 2. The average Bonchev–Trinajstić information content (AvgIpc) is 3.13. The van der Waals surface area contributed by atoms with Crippen LogP contribution in [0.2, 0.25) is 5.02 Å². The summed E-state index contributed by atoms with van der Waals surface area (Å²) in [6, 6.07) is 5.59. The summed E-state index contributed by atoms with van der Waals surface area (Å²) in [7, 11) is 0. The van der Waals surface area contributed by atoms with Crippen molar-refractivity contribution in [1.29, 1.82) is 0 Å². The van der Waals surface area contributed by atoms with E-state index < -0.39 is 5.97 Å². The van der Waals surface area contributed by atoms with Crippen LogP contribution in [0.3, 0.4) is 0 Å². The number of carbonyl (C=O) groups is 1. The van der Waals surface area contributed by atoms with Crippen LogP contribution >= 0.6 is 35.6 Å². The van der Waals surface area contributed by atoms with E-state index >= 15 is 0 Å². The number of nitrogens with zero attached hydrogens (tertiary/aromatic N) is 1. The summed E-state index contributed by atoms with van der Waals surface area (Å²) in [6.07, 6.45) is 8.96. The Morgan fingerprint density at radius 1 is 1.32 bits per heavy atom. The molecule has 2 aliphatic heterocycles. The van der Waals surface area contributed by atoms with Crippen LogP contribution in [-0.2, 0) is 9.53 Å². The molecule has 2 heterocycles. The van der Waals surface area contributed by atoms with Crippen molar-refractivity contribution in [3.8, 4) is 5.75 Å². The Balaban J connectivity index is 0.00000272. The molecule has 1 saturated heterocycles. The number of aliphatic carboxylic acids is 1. The van der Waals surface area contributed by atoms with E-state index in [1.807, 2.05) is 30.4 Å². The number of hydrogen-bond acceptors (Lipinski definition) is 4. The van der Waals surface area contributed by atoms with Crippen LogP contribution in [0.4, 0.5) is 0 Å². The summed E-state index contributed by atoms with van der Waals surface area (Å²) in [6.45, 7) is 2.78. The molecular weight excluding hydrogens is 461 g/mol. The van der Waals surface area contributed by atoms with Gasteiger partial charge in [-0.25, -0.2) is 0 Å². The van der Waals surface area contributed by atoms with Crippen LogP contribution in [0.1, 0.15) is 31.2 Å². The molecule has 8 heteroatoms. The zero-order valence-corrected chi connectivity index (χ0v) is 19.4. The molecule has 1 aliphatic carbocycles. The highest BCUT2D eigenvalue weighted by Crippen LogP contribution is 2.41. The quantitative estimate of drug-likeness (QED) is 0.555. The van der Waals surface area contributed by atoms with Gasteiger partial charge in [-0.3, -0.25) is 4.79 Å². The number of halogens is 3. The van der Waals surface area contributed by atoms with Crippen molar-refractivity contribution < 1.29 is 19.4 Å². The van der Waals surface area contributed by atoms with Gasteiger partial charge in [-0.05, 0) is 61.6 Å². The van der Waals surface area contributed by atoms with Gasteiger partial charge in [-0.1, -0.05) is 23.8 Å². The van der Waals surface area contributed by atoms with Gasteiger partial charge in [-0.15, -0.1) is 24.0 Å². The van der Waals surface area contributed by atoms with E-state index in [-0.39, 0.29) is 36.9 Å². The molecule has 1 aromatic rings. The summed E-state index contributed by atoms with van der Waals surface area (Å²) in [4.78, 5) is 13.3. The van der Waals surface area contributed by atoms with Gasteiger partial charge < -0.3 is 19.5 Å². The summed E-state index contributed by atoms with van der Waals surface area (Å²) in [5.41, 5.74) is 2.90. The highest BCUT2D eigenvalue weighted by atomic mass is 35.5. The molecule has 2 atom stereocenters. The molecule has 3 aliphatic rings. The van der Waals surface area contributed by atoms with E-state index in [4.69, 9.17) is 37.8 Å². The van der Waals surface area contributed by atoms with Gasteiger partial charge in [0.2, 0.25) is 6.79 Å². The first-order chi connectivity index (χ1) is 14.5. The number of likely N-dealkylation sites (tertiary alicyclic amines) is 1. The minimum atomic E-state index is -0.717. The molecule has 168 valence electrons. The zero-order chi connectivity index (χ0) is 21.1. The predicted octanol–water partition coefficient (Wildman–Crippen LogP) is 5.52. The van der Waals surface area contributed by atoms with Gasteiger partial charge in [0.05, 0.1) is 5.38 Å². The first-order valence-corrected chi connectivity index (χ1v) is 11.1. The maximum Gasteiger partial charge on any atom is 0.303 e. The largest absolute Gasteiger partial charge is 0.481 e. The average molecular weight is 487 g/mol. The molecule has 0 aromatic heterocycles. The van der Waals surface area contributed by atoms with Crippen molar-refractivity contribution >= 4 is 47.2 Å². The molecule has 0 bridgehead atoms. The predicted molar refractivity (Wildman–Crippen MR) is 125 cm³/mol. The second-order valence-electron chi connectivity index (χ2n) is 7.91. The Morgan fingerprint density at radius 2 is 2.16 bits per heavy atom. The monoisotopic (exact) mass is 485 g/mol. The van der Waals surface area contributed by atoms with Crippen LogP contribution in [0, 0.1) is 5.92 Å². The Bertz CT molecular complexity index is 912. The first kappa shape index (κ1) is 24.0. The van der Waals surface area contributed by atoms with Gasteiger partial charge in [0.25, 0.3) is 0 Å². The van der Waals surface area contributed by atoms with Gasteiger partial charge in [0, 0.05) is 35.7 Å². The maximum atomic E-state index is 11.0. The number of hydrogen-bond donors (Lipinski definition) is 1. The van der Waals surface area contributed by atoms with Crippen molar-refractivity contribution in [2.75, 3.05) is 26.4 Å². The lowest BCUT2D eigenvalue weighted by Crippen LogP contribution is -2.22. The minimum absolute atomic E-state index is 0.